The first-order valence-electron chi connectivity index (χ1n) is 7.19. The molecule has 0 fully saturated rings. The predicted molar refractivity (Wildman–Crippen MR) is 93.0 cm³/mol. The predicted octanol–water partition coefficient (Wildman–Crippen LogP) is 3.15. The monoisotopic (exact) mass is 366 g/mol. The van der Waals surface area contributed by atoms with Crippen LogP contribution in [0.2, 0.25) is 10.0 Å². The van der Waals surface area contributed by atoms with Crippen molar-refractivity contribution < 1.29 is 14.3 Å². The quantitative estimate of drug-likeness (QED) is 0.798. The highest BCUT2D eigenvalue weighted by Crippen LogP contribution is 2.16. The third kappa shape index (κ3) is 5.76. The zero-order chi connectivity index (χ0) is 17.5. The molecule has 0 aliphatic carbocycles. The summed E-state index contributed by atoms with van der Waals surface area (Å²) < 4.78 is 5.46. The van der Waals surface area contributed by atoms with Crippen LogP contribution >= 0.6 is 23.2 Å². The molecule has 0 aromatic heterocycles. The van der Waals surface area contributed by atoms with Crippen LogP contribution in [0.5, 0.6) is 5.75 Å². The Balaban J connectivity index is 1.77. The molecule has 0 radical (unpaired) electrons. The molecular formula is C17H16Cl2N2O3. The summed E-state index contributed by atoms with van der Waals surface area (Å²) in [5.41, 5.74) is 5.47. The first-order valence-corrected chi connectivity index (χ1v) is 7.95. The molecule has 24 heavy (non-hydrogen) atoms. The Morgan fingerprint density at radius 2 is 1.50 bits per heavy atom. The van der Waals surface area contributed by atoms with Crippen LogP contribution in [-0.2, 0) is 16.0 Å². The van der Waals surface area contributed by atoms with E-state index >= 15 is 0 Å². The molecule has 0 aliphatic heterocycles. The van der Waals surface area contributed by atoms with E-state index in [0.717, 1.165) is 5.56 Å². The lowest BCUT2D eigenvalue weighted by Crippen LogP contribution is -2.47. The molecule has 0 saturated carbocycles. The molecule has 1 unspecified atom stereocenters. The maximum Gasteiger partial charge on any atom is 0.279 e. The molecule has 1 atom stereocenters. The molecule has 2 aromatic rings. The van der Waals surface area contributed by atoms with E-state index in [4.69, 9.17) is 27.9 Å². The van der Waals surface area contributed by atoms with Gasteiger partial charge < -0.3 is 4.74 Å². The van der Waals surface area contributed by atoms with Crippen LogP contribution in [0.1, 0.15) is 12.5 Å². The number of benzene rings is 2. The van der Waals surface area contributed by atoms with E-state index in [1.165, 1.54) is 0 Å². The van der Waals surface area contributed by atoms with Crippen molar-refractivity contribution >= 4 is 35.0 Å². The number of amides is 2. The number of rotatable bonds is 5. The van der Waals surface area contributed by atoms with Crippen LogP contribution in [0.4, 0.5) is 0 Å². The average molecular weight is 367 g/mol. The molecule has 0 spiro atoms. The Bertz CT molecular complexity index is 703. The van der Waals surface area contributed by atoms with Gasteiger partial charge in [-0.15, -0.1) is 0 Å². The highest BCUT2D eigenvalue weighted by atomic mass is 35.5. The van der Waals surface area contributed by atoms with Crippen LogP contribution in [0.15, 0.2) is 48.5 Å². The van der Waals surface area contributed by atoms with Crippen molar-refractivity contribution in [3.05, 3.63) is 64.1 Å². The van der Waals surface area contributed by atoms with Crippen LogP contribution in [0.3, 0.4) is 0 Å². The summed E-state index contributed by atoms with van der Waals surface area (Å²) in [7, 11) is 0. The maximum atomic E-state index is 11.9. The second-order valence-corrected chi connectivity index (χ2v) is 5.93. The molecule has 2 amide bonds. The Morgan fingerprint density at radius 1 is 0.958 bits per heavy atom. The molecule has 0 bridgehead atoms. The Labute approximate surface area is 149 Å². The Morgan fingerprint density at radius 3 is 2.08 bits per heavy atom. The summed E-state index contributed by atoms with van der Waals surface area (Å²) in [6, 6.07) is 13.5. The molecule has 126 valence electrons. The number of ether oxygens (including phenoxy) is 1. The molecule has 0 saturated heterocycles. The van der Waals surface area contributed by atoms with E-state index in [1.54, 1.807) is 55.5 Å². The van der Waals surface area contributed by atoms with Gasteiger partial charge in [0.25, 0.3) is 5.91 Å². The van der Waals surface area contributed by atoms with Gasteiger partial charge in [0.05, 0.1) is 6.42 Å². The third-order valence-corrected chi connectivity index (χ3v) is 3.60. The number of nitrogens with one attached hydrogen (secondary N) is 2. The topological polar surface area (TPSA) is 67.4 Å². The van der Waals surface area contributed by atoms with Crippen molar-refractivity contribution in [2.75, 3.05) is 0 Å². The first kappa shape index (κ1) is 18.1. The van der Waals surface area contributed by atoms with E-state index in [1.807, 2.05) is 0 Å². The van der Waals surface area contributed by atoms with Crippen molar-refractivity contribution in [1.29, 1.82) is 0 Å². The SMILES string of the molecule is CC(Oc1ccc(Cl)cc1)C(=O)NNC(=O)Cc1ccc(Cl)cc1. The van der Waals surface area contributed by atoms with Crippen LogP contribution < -0.4 is 15.6 Å². The zero-order valence-corrected chi connectivity index (χ0v) is 14.4. The van der Waals surface area contributed by atoms with Crippen LogP contribution in [0, 0.1) is 0 Å². The van der Waals surface area contributed by atoms with Gasteiger partial charge >= 0.3 is 0 Å². The second-order valence-electron chi connectivity index (χ2n) is 5.05. The van der Waals surface area contributed by atoms with Gasteiger partial charge in [-0.05, 0) is 48.9 Å². The molecule has 2 N–H and O–H groups in total. The number of hydrazine groups is 1. The van der Waals surface area contributed by atoms with E-state index in [-0.39, 0.29) is 12.3 Å². The smallest absolute Gasteiger partial charge is 0.279 e. The summed E-state index contributed by atoms with van der Waals surface area (Å²) in [4.78, 5) is 23.7. The van der Waals surface area contributed by atoms with Crippen molar-refractivity contribution in [2.24, 2.45) is 0 Å². The lowest BCUT2D eigenvalue weighted by molar-refractivity contribution is -0.132. The Kier molecular flexibility index (Phi) is 6.46. The first-order chi connectivity index (χ1) is 11.4. The standard InChI is InChI=1S/C17H16Cl2N2O3/c1-11(24-15-8-6-14(19)7-9-15)17(23)21-20-16(22)10-12-2-4-13(18)5-3-12/h2-9,11H,10H2,1H3,(H,20,22)(H,21,23). The summed E-state index contributed by atoms with van der Waals surface area (Å²) in [5.74, 6) is -0.298. The van der Waals surface area contributed by atoms with Gasteiger partial charge in [0, 0.05) is 10.0 Å². The Hall–Kier alpha value is -2.24. The zero-order valence-electron chi connectivity index (χ0n) is 12.9. The summed E-state index contributed by atoms with van der Waals surface area (Å²) in [6.45, 7) is 1.58. The summed E-state index contributed by atoms with van der Waals surface area (Å²) in [6.07, 6.45) is -0.647. The van der Waals surface area contributed by atoms with Gasteiger partial charge in [0.15, 0.2) is 6.10 Å². The van der Waals surface area contributed by atoms with Crippen molar-refractivity contribution in [3.63, 3.8) is 0 Å². The number of hydrogen-bond acceptors (Lipinski definition) is 3. The fraction of sp³-hybridized carbons (Fsp3) is 0.176. The normalized spacial score (nSPS) is 11.5. The van der Waals surface area contributed by atoms with Gasteiger partial charge in [0.1, 0.15) is 5.75 Å². The highest BCUT2D eigenvalue weighted by molar-refractivity contribution is 6.30. The van der Waals surface area contributed by atoms with E-state index in [2.05, 4.69) is 10.9 Å². The minimum atomic E-state index is -0.776. The minimum Gasteiger partial charge on any atom is -0.481 e. The van der Waals surface area contributed by atoms with E-state index in [0.29, 0.717) is 15.8 Å². The summed E-state index contributed by atoms with van der Waals surface area (Å²) >= 11 is 11.6. The molecule has 7 heteroatoms. The largest absolute Gasteiger partial charge is 0.481 e. The number of hydrogen-bond donors (Lipinski definition) is 2. The lowest BCUT2D eigenvalue weighted by Gasteiger charge is -2.15. The van der Waals surface area contributed by atoms with Crippen molar-refractivity contribution in [1.82, 2.24) is 10.9 Å². The number of halogens is 2. The second kappa shape index (κ2) is 8.57. The van der Waals surface area contributed by atoms with Crippen molar-refractivity contribution in [2.45, 2.75) is 19.4 Å². The van der Waals surface area contributed by atoms with Gasteiger partial charge in [-0.25, -0.2) is 0 Å². The third-order valence-electron chi connectivity index (χ3n) is 3.10. The highest BCUT2D eigenvalue weighted by Gasteiger charge is 2.15. The average Bonchev–Trinajstić information content (AvgIpc) is 2.57. The van der Waals surface area contributed by atoms with Crippen LogP contribution in [-0.4, -0.2) is 17.9 Å². The minimum absolute atomic E-state index is 0.129. The van der Waals surface area contributed by atoms with Gasteiger partial charge in [0.2, 0.25) is 5.91 Å². The number of carbonyl (C=O) groups excluding carboxylic acids is 2. The summed E-state index contributed by atoms with van der Waals surface area (Å²) in [5, 5.41) is 1.18. The molecule has 5 nitrogen and oxygen atoms in total. The molecule has 0 aliphatic rings. The fourth-order valence-electron chi connectivity index (χ4n) is 1.84. The maximum absolute atomic E-state index is 11.9. The van der Waals surface area contributed by atoms with E-state index < -0.39 is 12.0 Å². The van der Waals surface area contributed by atoms with Gasteiger partial charge in [-0.3, -0.25) is 20.4 Å². The lowest BCUT2D eigenvalue weighted by atomic mass is 10.1. The fourth-order valence-corrected chi connectivity index (χ4v) is 2.09. The van der Waals surface area contributed by atoms with Gasteiger partial charge in [-0.1, -0.05) is 35.3 Å². The molecule has 0 heterocycles. The molecular weight excluding hydrogens is 351 g/mol. The number of carbonyl (C=O) groups is 2. The van der Waals surface area contributed by atoms with E-state index in [9.17, 15) is 9.59 Å². The van der Waals surface area contributed by atoms with Gasteiger partial charge in [-0.2, -0.15) is 0 Å². The van der Waals surface area contributed by atoms with Crippen molar-refractivity contribution in [3.8, 4) is 5.75 Å². The molecule has 2 aromatic carbocycles. The molecule has 2 rings (SSSR count). The van der Waals surface area contributed by atoms with Crippen LogP contribution in [0.25, 0.3) is 0 Å².